The summed E-state index contributed by atoms with van der Waals surface area (Å²) in [5.74, 6) is -1.75. The highest BCUT2D eigenvalue weighted by Gasteiger charge is 2.58. The summed E-state index contributed by atoms with van der Waals surface area (Å²) in [6.45, 7) is 0. The number of rotatable bonds is 0. The lowest BCUT2D eigenvalue weighted by Crippen LogP contribution is -2.16. The third-order valence-electron chi connectivity index (χ3n) is 1.54. The molecule has 0 radical (unpaired) electrons. The van der Waals surface area contributed by atoms with E-state index in [-0.39, 0.29) is 11.5 Å². The number of ether oxygens (including phenoxy) is 1. The van der Waals surface area contributed by atoms with Crippen LogP contribution in [-0.2, 0) is 4.74 Å². The predicted molar refractivity (Wildman–Crippen MR) is 31.2 cm³/mol. The molecule has 1 heterocycles. The first-order valence-electron chi connectivity index (χ1n) is 2.84. The molecule has 1 fully saturated rings. The minimum Gasteiger partial charge on any atom is -0.509 e. The Bertz CT molecular complexity index is 242. The molecule has 2 unspecified atom stereocenters. The van der Waals surface area contributed by atoms with Crippen molar-refractivity contribution in [1.82, 2.24) is 0 Å². The van der Waals surface area contributed by atoms with Gasteiger partial charge in [0.25, 0.3) is 0 Å². The van der Waals surface area contributed by atoms with Crippen LogP contribution in [0.3, 0.4) is 0 Å². The van der Waals surface area contributed by atoms with Crippen LogP contribution in [0.4, 0.5) is 0 Å². The van der Waals surface area contributed by atoms with Crippen LogP contribution in [0, 0.1) is 0 Å². The highest BCUT2D eigenvalue weighted by molar-refractivity contribution is 5.33. The highest BCUT2D eigenvalue weighted by Crippen LogP contribution is 2.42. The van der Waals surface area contributed by atoms with Crippen molar-refractivity contribution in [2.24, 2.45) is 0 Å². The molecule has 3 N–H and O–H groups in total. The molecule has 10 heavy (non-hydrogen) atoms. The van der Waals surface area contributed by atoms with Gasteiger partial charge >= 0.3 is 0 Å². The predicted octanol–water partition coefficient (Wildman–Crippen LogP) is -0.0288. The number of aliphatic hydroxyl groups excluding tert-OH is 2. The van der Waals surface area contributed by atoms with Crippen LogP contribution in [0.1, 0.15) is 0 Å². The van der Waals surface area contributed by atoms with Crippen LogP contribution in [0.25, 0.3) is 0 Å². The lowest BCUT2D eigenvalue weighted by molar-refractivity contribution is 0.0796. The number of epoxide rings is 1. The van der Waals surface area contributed by atoms with Crippen molar-refractivity contribution in [2.45, 2.75) is 11.9 Å². The molecule has 0 saturated carbocycles. The van der Waals surface area contributed by atoms with Crippen LogP contribution in [0.2, 0.25) is 0 Å². The highest BCUT2D eigenvalue weighted by atomic mass is 16.7. The van der Waals surface area contributed by atoms with E-state index < -0.39 is 11.9 Å². The van der Waals surface area contributed by atoms with Crippen molar-refractivity contribution >= 4 is 0 Å². The Hall–Kier alpha value is -1.00. The van der Waals surface area contributed by atoms with Crippen LogP contribution in [0.15, 0.2) is 23.7 Å². The Balaban J connectivity index is 2.38. The minimum atomic E-state index is -1.44. The molecule has 0 spiro atoms. The molecule has 1 aliphatic heterocycles. The normalized spacial score (nSPS) is 43.5. The van der Waals surface area contributed by atoms with Gasteiger partial charge in [0.05, 0.1) is 0 Å². The van der Waals surface area contributed by atoms with Crippen molar-refractivity contribution in [3.8, 4) is 0 Å². The average molecular weight is 142 g/mol. The van der Waals surface area contributed by atoms with Gasteiger partial charge in [0, 0.05) is 12.2 Å². The SMILES string of the molecule is OC1=CC2(O)OC2C(O)=C1. The molecule has 1 aliphatic carbocycles. The van der Waals surface area contributed by atoms with Crippen LogP contribution in [-0.4, -0.2) is 27.2 Å². The zero-order chi connectivity index (χ0) is 7.35. The van der Waals surface area contributed by atoms with Crippen molar-refractivity contribution in [1.29, 1.82) is 0 Å². The fraction of sp³-hybridized carbons (Fsp3) is 0.333. The number of allylic oxidation sites excluding steroid dienone is 1. The first kappa shape index (κ1) is 5.76. The number of hydrogen-bond acceptors (Lipinski definition) is 4. The van der Waals surface area contributed by atoms with Gasteiger partial charge in [0.15, 0.2) is 6.10 Å². The first-order chi connectivity index (χ1) is 4.62. The number of fused-ring (bicyclic) bond motifs is 1. The summed E-state index contributed by atoms with van der Waals surface area (Å²) in [6.07, 6.45) is 1.63. The average Bonchev–Trinajstić information content (AvgIpc) is 2.39. The molecule has 4 nitrogen and oxygen atoms in total. The molecule has 0 aromatic carbocycles. The topological polar surface area (TPSA) is 73.2 Å². The molecule has 0 amide bonds. The largest absolute Gasteiger partial charge is 0.509 e. The van der Waals surface area contributed by atoms with Crippen molar-refractivity contribution in [3.63, 3.8) is 0 Å². The summed E-state index contributed by atoms with van der Waals surface area (Å²) in [7, 11) is 0. The van der Waals surface area contributed by atoms with E-state index in [1.165, 1.54) is 0 Å². The Morgan fingerprint density at radius 1 is 1.50 bits per heavy atom. The molecule has 0 aromatic rings. The van der Waals surface area contributed by atoms with Crippen molar-refractivity contribution in [2.75, 3.05) is 0 Å². The second kappa shape index (κ2) is 1.36. The standard InChI is InChI=1S/C6H6O4/c7-3-1-4(8)5-6(9,2-3)10-5/h1-2,5,7-9H. The van der Waals surface area contributed by atoms with Gasteiger partial charge < -0.3 is 20.1 Å². The maximum absolute atomic E-state index is 9.13. The van der Waals surface area contributed by atoms with E-state index in [0.29, 0.717) is 0 Å². The van der Waals surface area contributed by atoms with Crippen LogP contribution in [0.5, 0.6) is 0 Å². The Morgan fingerprint density at radius 3 is 2.80 bits per heavy atom. The summed E-state index contributed by atoms with van der Waals surface area (Å²) >= 11 is 0. The van der Waals surface area contributed by atoms with E-state index in [0.717, 1.165) is 12.2 Å². The lowest BCUT2D eigenvalue weighted by Gasteiger charge is -2.03. The van der Waals surface area contributed by atoms with Gasteiger partial charge in [-0.15, -0.1) is 0 Å². The molecule has 4 heteroatoms. The zero-order valence-electron chi connectivity index (χ0n) is 4.98. The molecular formula is C6H6O4. The summed E-state index contributed by atoms with van der Waals surface area (Å²) in [6, 6.07) is 0. The molecule has 2 rings (SSSR count). The van der Waals surface area contributed by atoms with E-state index in [4.69, 9.17) is 15.3 Å². The second-order valence-corrected chi connectivity index (χ2v) is 2.39. The van der Waals surface area contributed by atoms with Gasteiger partial charge in [-0.25, -0.2) is 0 Å². The smallest absolute Gasteiger partial charge is 0.224 e. The maximum Gasteiger partial charge on any atom is 0.224 e. The van der Waals surface area contributed by atoms with Crippen molar-refractivity contribution in [3.05, 3.63) is 23.7 Å². The Kier molecular flexibility index (Phi) is 0.781. The zero-order valence-corrected chi connectivity index (χ0v) is 4.98. The van der Waals surface area contributed by atoms with Gasteiger partial charge in [-0.2, -0.15) is 0 Å². The third kappa shape index (κ3) is 0.571. The van der Waals surface area contributed by atoms with E-state index in [1.807, 2.05) is 0 Å². The summed E-state index contributed by atoms with van der Waals surface area (Å²) < 4.78 is 4.65. The second-order valence-electron chi connectivity index (χ2n) is 2.39. The summed E-state index contributed by atoms with van der Waals surface area (Å²) in [5.41, 5.74) is 0. The maximum atomic E-state index is 9.13. The lowest BCUT2D eigenvalue weighted by atomic mass is 10.1. The molecular weight excluding hydrogens is 136 g/mol. The molecule has 2 aliphatic rings. The first-order valence-corrected chi connectivity index (χ1v) is 2.84. The Morgan fingerprint density at radius 2 is 2.20 bits per heavy atom. The van der Waals surface area contributed by atoms with E-state index in [1.54, 1.807) is 0 Å². The number of hydrogen-bond donors (Lipinski definition) is 3. The van der Waals surface area contributed by atoms with Gasteiger partial charge in [0.1, 0.15) is 11.5 Å². The molecule has 0 bridgehead atoms. The summed E-state index contributed by atoms with van der Waals surface area (Å²) in [4.78, 5) is 0. The molecule has 0 aromatic heterocycles. The third-order valence-corrected chi connectivity index (χ3v) is 1.54. The van der Waals surface area contributed by atoms with Gasteiger partial charge in [-0.3, -0.25) is 0 Å². The van der Waals surface area contributed by atoms with E-state index >= 15 is 0 Å². The molecule has 1 saturated heterocycles. The van der Waals surface area contributed by atoms with E-state index in [2.05, 4.69) is 4.74 Å². The Labute approximate surface area is 56.7 Å². The quantitative estimate of drug-likeness (QED) is 0.415. The molecule has 54 valence electrons. The fourth-order valence-electron chi connectivity index (χ4n) is 1.02. The van der Waals surface area contributed by atoms with Crippen LogP contribution < -0.4 is 0 Å². The number of aliphatic hydroxyl groups is 3. The fourth-order valence-corrected chi connectivity index (χ4v) is 1.02. The summed E-state index contributed by atoms with van der Waals surface area (Å²) in [5, 5.41) is 26.9. The van der Waals surface area contributed by atoms with Gasteiger partial charge in [-0.1, -0.05) is 0 Å². The van der Waals surface area contributed by atoms with Crippen molar-refractivity contribution < 1.29 is 20.1 Å². The molecule has 2 atom stereocenters. The minimum absolute atomic E-state index is 0.137. The van der Waals surface area contributed by atoms with Gasteiger partial charge in [0.2, 0.25) is 5.79 Å². The van der Waals surface area contributed by atoms with Crippen LogP contribution >= 0.6 is 0 Å². The van der Waals surface area contributed by atoms with Gasteiger partial charge in [-0.05, 0) is 0 Å². The monoisotopic (exact) mass is 142 g/mol. The van der Waals surface area contributed by atoms with E-state index in [9.17, 15) is 0 Å².